The molecule has 6 rings (SSSR count). The van der Waals surface area contributed by atoms with Gasteiger partial charge in [-0.1, -0.05) is 42.5 Å². The monoisotopic (exact) mass is 684 g/mol. The Kier molecular flexibility index (Phi) is 8.25. The maximum absolute atomic E-state index is 11.0. The molecule has 1 saturated heterocycles. The number of fused-ring (bicyclic) bond motifs is 1. The molecule has 5 aromatic rings. The van der Waals surface area contributed by atoms with Crippen molar-refractivity contribution < 1.29 is 20.1 Å². The summed E-state index contributed by atoms with van der Waals surface area (Å²) in [6.07, 6.45) is -2.64. The molecule has 15 heteroatoms. The first kappa shape index (κ1) is 28.4. The maximum Gasteiger partial charge on any atom is 0.227 e. The molecule has 1 aliphatic heterocycles. The number of aromatic nitrogens is 8. The van der Waals surface area contributed by atoms with Gasteiger partial charge in [-0.2, -0.15) is 14.8 Å². The SMILES string of the molecule is Cn1nnc([C@H]2O[C@@H](n3cnc4c(NCc5cccc(I)c5)nc(N[C@H](CO)Cc5ccccc5)nc43)[C@H](O)[C@@H]2O)n1. The van der Waals surface area contributed by atoms with E-state index < -0.39 is 24.5 Å². The molecule has 218 valence electrons. The first-order chi connectivity index (χ1) is 20.4. The molecule has 1 fully saturated rings. The van der Waals surface area contributed by atoms with Crippen LogP contribution in [-0.4, -0.2) is 79.9 Å². The smallest absolute Gasteiger partial charge is 0.227 e. The number of hydrogen-bond donors (Lipinski definition) is 5. The summed E-state index contributed by atoms with van der Waals surface area (Å²) >= 11 is 2.27. The van der Waals surface area contributed by atoms with Crippen molar-refractivity contribution in [3.05, 3.63) is 81.4 Å². The number of nitrogens with zero attached hydrogens (tertiary/aromatic N) is 8. The van der Waals surface area contributed by atoms with Crippen LogP contribution in [0.3, 0.4) is 0 Å². The lowest BCUT2D eigenvalue weighted by molar-refractivity contribution is -0.0384. The zero-order chi connectivity index (χ0) is 29.2. The van der Waals surface area contributed by atoms with Crippen molar-refractivity contribution in [3.63, 3.8) is 0 Å². The molecule has 0 radical (unpaired) electrons. The van der Waals surface area contributed by atoms with Gasteiger partial charge in [0.15, 0.2) is 29.3 Å². The standard InChI is InChI=1S/C27H29IN10O4/c1-37-35-24(34-36-37)22-20(40)21(41)26(42-22)38-14-30-19-23(29-12-16-8-5-9-17(28)10-16)32-27(33-25(19)38)31-18(13-39)11-15-6-3-2-4-7-15/h2-10,14,18,20-22,26,39-41H,11-13H2,1H3,(H2,29,31,32,33)/t18-,20-,21+,22-,26+/m0/s1. The van der Waals surface area contributed by atoms with Crippen LogP contribution in [0.25, 0.3) is 11.2 Å². The summed E-state index contributed by atoms with van der Waals surface area (Å²) in [7, 11) is 1.60. The van der Waals surface area contributed by atoms with Gasteiger partial charge >= 0.3 is 0 Å². The number of anilines is 2. The quantitative estimate of drug-likeness (QED) is 0.134. The maximum atomic E-state index is 11.0. The first-order valence-corrected chi connectivity index (χ1v) is 14.4. The Morgan fingerprint density at radius 1 is 1.05 bits per heavy atom. The number of tetrazole rings is 1. The Morgan fingerprint density at radius 2 is 1.86 bits per heavy atom. The molecule has 5 atom stereocenters. The van der Waals surface area contributed by atoms with Crippen molar-refractivity contribution in [1.29, 1.82) is 0 Å². The highest BCUT2D eigenvalue weighted by Gasteiger charge is 2.47. The number of aliphatic hydroxyl groups is 3. The van der Waals surface area contributed by atoms with E-state index >= 15 is 0 Å². The number of halogens is 1. The molecule has 0 amide bonds. The molecule has 0 aliphatic carbocycles. The Balaban J connectivity index is 1.34. The van der Waals surface area contributed by atoms with Gasteiger partial charge in [0, 0.05) is 10.1 Å². The van der Waals surface area contributed by atoms with Crippen molar-refractivity contribution in [3.8, 4) is 0 Å². The number of aryl methyl sites for hydroxylation is 1. The lowest BCUT2D eigenvalue weighted by atomic mass is 10.1. The Labute approximate surface area is 253 Å². The van der Waals surface area contributed by atoms with Crippen LogP contribution in [0.1, 0.15) is 29.3 Å². The number of hydrogen-bond acceptors (Lipinski definition) is 12. The normalized spacial score (nSPS) is 21.1. The zero-order valence-electron chi connectivity index (χ0n) is 22.5. The largest absolute Gasteiger partial charge is 0.394 e. The van der Waals surface area contributed by atoms with Gasteiger partial charge in [-0.15, -0.1) is 10.2 Å². The van der Waals surface area contributed by atoms with Gasteiger partial charge in [-0.05, 0) is 57.5 Å². The number of imidazole rings is 1. The van der Waals surface area contributed by atoms with Crippen LogP contribution < -0.4 is 10.6 Å². The van der Waals surface area contributed by atoms with Gasteiger partial charge < -0.3 is 30.7 Å². The second kappa shape index (κ2) is 12.2. The molecule has 4 heterocycles. The number of ether oxygens (including phenoxy) is 1. The van der Waals surface area contributed by atoms with Crippen LogP contribution in [0.15, 0.2) is 60.9 Å². The third-order valence-corrected chi connectivity index (χ3v) is 7.61. The summed E-state index contributed by atoms with van der Waals surface area (Å²) in [5.41, 5.74) is 2.91. The van der Waals surface area contributed by atoms with Crippen LogP contribution >= 0.6 is 22.6 Å². The summed E-state index contributed by atoms with van der Waals surface area (Å²) in [6, 6.07) is 17.5. The highest BCUT2D eigenvalue weighted by molar-refractivity contribution is 14.1. The predicted molar refractivity (Wildman–Crippen MR) is 160 cm³/mol. The highest BCUT2D eigenvalue weighted by Crippen LogP contribution is 2.39. The summed E-state index contributed by atoms with van der Waals surface area (Å²) in [4.78, 5) is 15.2. The lowest BCUT2D eigenvalue weighted by Crippen LogP contribution is -2.29. The summed E-state index contributed by atoms with van der Waals surface area (Å²) in [5.74, 6) is 0.862. The van der Waals surface area contributed by atoms with E-state index in [0.29, 0.717) is 29.9 Å². The number of nitrogens with one attached hydrogen (secondary N) is 2. The van der Waals surface area contributed by atoms with E-state index in [1.165, 1.54) is 11.1 Å². The van der Waals surface area contributed by atoms with Crippen molar-refractivity contribution in [2.24, 2.45) is 7.05 Å². The zero-order valence-corrected chi connectivity index (χ0v) is 24.6. The molecule has 3 aromatic heterocycles. The van der Waals surface area contributed by atoms with E-state index in [0.717, 1.165) is 14.7 Å². The Morgan fingerprint density at radius 3 is 2.60 bits per heavy atom. The second-order valence-electron chi connectivity index (χ2n) is 9.98. The van der Waals surface area contributed by atoms with E-state index in [-0.39, 0.29) is 24.4 Å². The molecule has 2 aromatic carbocycles. The van der Waals surface area contributed by atoms with Crippen LogP contribution in [0, 0.1) is 3.57 Å². The van der Waals surface area contributed by atoms with Crippen molar-refractivity contribution in [1.82, 2.24) is 39.7 Å². The summed E-state index contributed by atoms with van der Waals surface area (Å²) in [6.45, 7) is 0.328. The van der Waals surface area contributed by atoms with Crippen LogP contribution in [0.4, 0.5) is 11.8 Å². The summed E-state index contributed by atoms with van der Waals surface area (Å²) < 4.78 is 8.70. The fraction of sp³-hybridized carbons (Fsp3) is 0.333. The van der Waals surface area contributed by atoms with Gasteiger partial charge in [0.1, 0.15) is 12.2 Å². The topological polar surface area (TPSA) is 181 Å². The summed E-state index contributed by atoms with van der Waals surface area (Å²) in [5, 5.41) is 50.4. The lowest BCUT2D eigenvalue weighted by Gasteiger charge is -2.19. The third kappa shape index (κ3) is 5.91. The van der Waals surface area contributed by atoms with Crippen LogP contribution in [0.5, 0.6) is 0 Å². The number of aliphatic hydroxyl groups excluding tert-OH is 3. The Bertz CT molecular complexity index is 1670. The molecule has 1 aliphatic rings. The molecule has 0 saturated carbocycles. The molecule has 0 bridgehead atoms. The average Bonchev–Trinajstić information content (AvgIpc) is 3.69. The van der Waals surface area contributed by atoms with E-state index in [2.05, 4.69) is 59.7 Å². The fourth-order valence-electron chi connectivity index (χ4n) is 4.88. The number of benzene rings is 2. The first-order valence-electron chi connectivity index (χ1n) is 13.3. The van der Waals surface area contributed by atoms with E-state index in [1.54, 1.807) is 11.6 Å². The van der Waals surface area contributed by atoms with Crippen molar-refractivity contribution in [2.75, 3.05) is 17.2 Å². The highest BCUT2D eigenvalue weighted by atomic mass is 127. The minimum Gasteiger partial charge on any atom is -0.394 e. The second-order valence-corrected chi connectivity index (χ2v) is 11.2. The predicted octanol–water partition coefficient (Wildman–Crippen LogP) is 1.57. The molecular formula is C27H29IN10O4. The fourth-order valence-corrected chi connectivity index (χ4v) is 5.49. The molecule has 0 spiro atoms. The molecular weight excluding hydrogens is 655 g/mol. The molecule has 14 nitrogen and oxygen atoms in total. The van der Waals surface area contributed by atoms with Crippen LogP contribution in [0.2, 0.25) is 0 Å². The Hall–Kier alpha value is -3.77. The van der Waals surface area contributed by atoms with E-state index in [9.17, 15) is 15.3 Å². The molecule has 42 heavy (non-hydrogen) atoms. The van der Waals surface area contributed by atoms with Gasteiger partial charge in [0.25, 0.3) is 0 Å². The third-order valence-electron chi connectivity index (χ3n) is 6.94. The van der Waals surface area contributed by atoms with Crippen molar-refractivity contribution in [2.45, 2.75) is 43.5 Å². The number of rotatable bonds is 10. The molecule has 0 unspecified atom stereocenters. The van der Waals surface area contributed by atoms with Crippen molar-refractivity contribution >= 4 is 45.5 Å². The molecule has 5 N–H and O–H groups in total. The van der Waals surface area contributed by atoms with Crippen LogP contribution in [-0.2, 0) is 24.8 Å². The minimum absolute atomic E-state index is 0.149. The van der Waals surface area contributed by atoms with Gasteiger partial charge in [0.05, 0.1) is 26.0 Å². The van der Waals surface area contributed by atoms with Gasteiger partial charge in [-0.25, -0.2) is 4.98 Å². The van der Waals surface area contributed by atoms with Gasteiger partial charge in [0.2, 0.25) is 11.8 Å². The van der Waals surface area contributed by atoms with Gasteiger partial charge in [-0.3, -0.25) is 4.57 Å². The minimum atomic E-state index is -1.33. The van der Waals surface area contributed by atoms with E-state index in [4.69, 9.17) is 14.7 Å². The average molecular weight is 684 g/mol. The van der Waals surface area contributed by atoms with E-state index in [1.807, 2.05) is 48.5 Å².